The van der Waals surface area contributed by atoms with Crippen LogP contribution < -0.4 is 15.2 Å². The van der Waals surface area contributed by atoms with Gasteiger partial charge in [-0.3, -0.25) is 0 Å². The predicted octanol–water partition coefficient (Wildman–Crippen LogP) is 0.975. The highest BCUT2D eigenvalue weighted by molar-refractivity contribution is 5.68. The first-order valence-corrected chi connectivity index (χ1v) is 5.99. The van der Waals surface area contributed by atoms with Crippen LogP contribution in [0.5, 0.6) is 11.5 Å². The van der Waals surface area contributed by atoms with Gasteiger partial charge in [0.05, 0.1) is 6.61 Å². The van der Waals surface area contributed by atoms with Gasteiger partial charge in [-0.05, 0) is 31.9 Å². The molecule has 98 valence electrons. The molecule has 1 unspecified atom stereocenters. The fourth-order valence-electron chi connectivity index (χ4n) is 2.26. The number of benzene rings is 1. The fourth-order valence-corrected chi connectivity index (χ4v) is 2.26. The van der Waals surface area contributed by atoms with E-state index in [0.717, 1.165) is 23.3 Å². The van der Waals surface area contributed by atoms with Gasteiger partial charge in [0.15, 0.2) is 6.61 Å². The number of carbonyl (C=O) groups is 1. The Bertz CT molecular complexity index is 459. The molecule has 1 aromatic carbocycles. The molecule has 0 aliphatic heterocycles. The van der Waals surface area contributed by atoms with Gasteiger partial charge in [0.25, 0.3) is 0 Å². The van der Waals surface area contributed by atoms with Crippen LogP contribution in [-0.2, 0) is 17.6 Å². The van der Waals surface area contributed by atoms with Crippen LogP contribution in [0.25, 0.3) is 0 Å². The summed E-state index contributed by atoms with van der Waals surface area (Å²) in [5, 5.41) is 8.64. The number of carboxylic acid groups (broad SMARTS) is 1. The average molecular weight is 251 g/mol. The van der Waals surface area contributed by atoms with Crippen LogP contribution in [0.4, 0.5) is 0 Å². The van der Waals surface area contributed by atoms with E-state index in [1.165, 1.54) is 0 Å². The molecule has 1 aliphatic carbocycles. The molecule has 18 heavy (non-hydrogen) atoms. The highest BCUT2D eigenvalue weighted by Gasteiger charge is 2.25. The van der Waals surface area contributed by atoms with Crippen molar-refractivity contribution in [1.82, 2.24) is 0 Å². The number of fused-ring (bicyclic) bond motifs is 1. The first-order chi connectivity index (χ1) is 8.61. The molecule has 0 amide bonds. The van der Waals surface area contributed by atoms with E-state index >= 15 is 0 Å². The van der Waals surface area contributed by atoms with E-state index in [4.69, 9.17) is 20.3 Å². The molecule has 0 spiro atoms. The van der Waals surface area contributed by atoms with Crippen LogP contribution >= 0.6 is 0 Å². The van der Waals surface area contributed by atoms with Gasteiger partial charge in [-0.15, -0.1) is 0 Å². The van der Waals surface area contributed by atoms with Crippen molar-refractivity contribution in [3.8, 4) is 11.5 Å². The fraction of sp³-hybridized carbons (Fsp3) is 0.462. The molecule has 5 heteroatoms. The van der Waals surface area contributed by atoms with Crippen LogP contribution in [-0.4, -0.2) is 30.3 Å². The summed E-state index contributed by atoms with van der Waals surface area (Å²) in [4.78, 5) is 10.5. The summed E-state index contributed by atoms with van der Waals surface area (Å²) < 4.78 is 10.8. The van der Waals surface area contributed by atoms with Crippen molar-refractivity contribution in [3.63, 3.8) is 0 Å². The second kappa shape index (κ2) is 5.27. The molecule has 0 radical (unpaired) electrons. The molecular weight excluding hydrogens is 234 g/mol. The van der Waals surface area contributed by atoms with Gasteiger partial charge in [-0.1, -0.05) is 0 Å². The Kier molecular flexibility index (Phi) is 3.72. The molecule has 3 N–H and O–H groups in total. The number of nitrogens with two attached hydrogens (primary N) is 1. The van der Waals surface area contributed by atoms with Crippen LogP contribution in [0.1, 0.15) is 18.1 Å². The largest absolute Gasteiger partial charge is 0.494 e. The molecule has 0 aromatic heterocycles. The molecule has 1 aromatic rings. The molecule has 2 rings (SSSR count). The van der Waals surface area contributed by atoms with E-state index < -0.39 is 5.97 Å². The van der Waals surface area contributed by atoms with Crippen molar-refractivity contribution >= 4 is 5.97 Å². The SMILES string of the molecule is CCOc1ccc(OCC(=O)O)c2c1CC(N)C2. The summed E-state index contributed by atoms with van der Waals surface area (Å²) in [5.74, 6) is 0.437. The maximum Gasteiger partial charge on any atom is 0.341 e. The minimum absolute atomic E-state index is 0.0498. The number of hydrogen-bond acceptors (Lipinski definition) is 4. The highest BCUT2D eigenvalue weighted by Crippen LogP contribution is 2.36. The van der Waals surface area contributed by atoms with Crippen molar-refractivity contribution in [2.75, 3.05) is 13.2 Å². The van der Waals surface area contributed by atoms with Crippen LogP contribution in [0.3, 0.4) is 0 Å². The van der Waals surface area contributed by atoms with E-state index in [9.17, 15) is 4.79 Å². The molecule has 0 heterocycles. The minimum Gasteiger partial charge on any atom is -0.494 e. The van der Waals surface area contributed by atoms with E-state index in [-0.39, 0.29) is 12.6 Å². The Hall–Kier alpha value is -1.75. The standard InChI is InChI=1S/C13H17NO4/c1-2-17-11-3-4-12(18-7-13(15)16)10-6-8(14)5-9(10)11/h3-4,8H,2,5-7,14H2,1H3,(H,15,16). The third kappa shape index (κ3) is 2.56. The lowest BCUT2D eigenvalue weighted by Gasteiger charge is -2.13. The molecule has 0 fully saturated rings. The van der Waals surface area contributed by atoms with Crippen LogP contribution in [0.15, 0.2) is 12.1 Å². The zero-order chi connectivity index (χ0) is 13.1. The van der Waals surface area contributed by atoms with Crippen molar-refractivity contribution in [2.24, 2.45) is 5.73 Å². The van der Waals surface area contributed by atoms with Gasteiger partial charge in [-0.2, -0.15) is 0 Å². The molecule has 0 saturated carbocycles. The van der Waals surface area contributed by atoms with Gasteiger partial charge < -0.3 is 20.3 Å². The Morgan fingerprint density at radius 2 is 1.89 bits per heavy atom. The Morgan fingerprint density at radius 1 is 1.33 bits per heavy atom. The summed E-state index contributed by atoms with van der Waals surface area (Å²) in [6.07, 6.45) is 1.44. The van der Waals surface area contributed by atoms with Crippen LogP contribution in [0, 0.1) is 0 Å². The lowest BCUT2D eigenvalue weighted by atomic mass is 10.1. The maximum atomic E-state index is 10.5. The molecule has 0 saturated heterocycles. The van der Waals surface area contributed by atoms with Gasteiger partial charge in [-0.25, -0.2) is 4.79 Å². The lowest BCUT2D eigenvalue weighted by molar-refractivity contribution is -0.139. The summed E-state index contributed by atoms with van der Waals surface area (Å²) in [7, 11) is 0. The van der Waals surface area contributed by atoms with Crippen molar-refractivity contribution in [1.29, 1.82) is 0 Å². The molecular formula is C13H17NO4. The van der Waals surface area contributed by atoms with E-state index in [0.29, 0.717) is 18.8 Å². The first kappa shape index (κ1) is 12.7. The zero-order valence-corrected chi connectivity index (χ0v) is 10.3. The third-order valence-corrected chi connectivity index (χ3v) is 2.93. The normalized spacial score (nSPS) is 17.3. The smallest absolute Gasteiger partial charge is 0.341 e. The highest BCUT2D eigenvalue weighted by atomic mass is 16.5. The van der Waals surface area contributed by atoms with E-state index in [1.54, 1.807) is 6.07 Å². The number of aliphatic carboxylic acids is 1. The molecule has 1 aliphatic rings. The topological polar surface area (TPSA) is 81.8 Å². The first-order valence-electron chi connectivity index (χ1n) is 5.99. The number of ether oxygens (including phenoxy) is 2. The molecule has 0 bridgehead atoms. The van der Waals surface area contributed by atoms with Gasteiger partial charge >= 0.3 is 5.97 Å². The number of hydrogen-bond donors (Lipinski definition) is 2. The quantitative estimate of drug-likeness (QED) is 0.815. The maximum absolute atomic E-state index is 10.5. The van der Waals surface area contributed by atoms with E-state index in [1.807, 2.05) is 13.0 Å². The van der Waals surface area contributed by atoms with Gasteiger partial charge in [0, 0.05) is 17.2 Å². The van der Waals surface area contributed by atoms with E-state index in [2.05, 4.69) is 0 Å². The van der Waals surface area contributed by atoms with Gasteiger partial charge in [0.1, 0.15) is 11.5 Å². The number of rotatable bonds is 5. The van der Waals surface area contributed by atoms with Crippen molar-refractivity contribution in [3.05, 3.63) is 23.3 Å². The second-order valence-corrected chi connectivity index (χ2v) is 4.30. The lowest BCUT2D eigenvalue weighted by Crippen LogP contribution is -2.19. The third-order valence-electron chi connectivity index (χ3n) is 2.93. The summed E-state index contributed by atoms with van der Waals surface area (Å²) in [6.45, 7) is 2.18. The summed E-state index contributed by atoms with van der Waals surface area (Å²) in [5.41, 5.74) is 7.98. The summed E-state index contributed by atoms with van der Waals surface area (Å²) >= 11 is 0. The molecule has 5 nitrogen and oxygen atoms in total. The van der Waals surface area contributed by atoms with Gasteiger partial charge in [0.2, 0.25) is 0 Å². The zero-order valence-electron chi connectivity index (χ0n) is 10.3. The van der Waals surface area contributed by atoms with Crippen molar-refractivity contribution in [2.45, 2.75) is 25.8 Å². The predicted molar refractivity (Wildman–Crippen MR) is 66.1 cm³/mol. The Labute approximate surface area is 106 Å². The second-order valence-electron chi connectivity index (χ2n) is 4.30. The molecule has 1 atom stereocenters. The average Bonchev–Trinajstić information content (AvgIpc) is 2.70. The van der Waals surface area contributed by atoms with Crippen LogP contribution in [0.2, 0.25) is 0 Å². The van der Waals surface area contributed by atoms with Crippen molar-refractivity contribution < 1.29 is 19.4 Å². The number of carboxylic acids is 1. The summed E-state index contributed by atoms with van der Waals surface area (Å²) in [6, 6.07) is 3.62. The Morgan fingerprint density at radius 3 is 2.39 bits per heavy atom. The monoisotopic (exact) mass is 251 g/mol. The Balaban J connectivity index is 2.28. The minimum atomic E-state index is -0.986.